The molecule has 19 heavy (non-hydrogen) atoms. The summed E-state index contributed by atoms with van der Waals surface area (Å²) >= 11 is 0. The summed E-state index contributed by atoms with van der Waals surface area (Å²) in [6.45, 7) is 8.55. The van der Waals surface area contributed by atoms with E-state index in [1.807, 2.05) is 0 Å². The first-order valence-electron chi connectivity index (χ1n) is 7.16. The molecule has 1 heterocycles. The maximum atomic E-state index is 3.51. The van der Waals surface area contributed by atoms with Gasteiger partial charge in [0.1, 0.15) is 0 Å². The smallest absolute Gasteiger partial charge is 0.0458 e. The average Bonchev–Trinajstić information content (AvgIpc) is 2.82. The van der Waals surface area contributed by atoms with Crippen molar-refractivity contribution in [2.24, 2.45) is 0 Å². The highest BCUT2D eigenvalue weighted by molar-refractivity contribution is 5.41. The van der Waals surface area contributed by atoms with Gasteiger partial charge in [0.2, 0.25) is 0 Å². The Labute approximate surface area is 116 Å². The summed E-state index contributed by atoms with van der Waals surface area (Å²) in [6.07, 6.45) is 4.63. The van der Waals surface area contributed by atoms with Gasteiger partial charge in [0.25, 0.3) is 0 Å². The highest BCUT2D eigenvalue weighted by Crippen LogP contribution is 2.16. The lowest BCUT2D eigenvalue weighted by Gasteiger charge is -2.12. The summed E-state index contributed by atoms with van der Waals surface area (Å²) in [5, 5.41) is 3.51. The van der Waals surface area contributed by atoms with E-state index in [1.165, 1.54) is 35.3 Å². The van der Waals surface area contributed by atoms with Crippen LogP contribution in [0.3, 0.4) is 0 Å². The van der Waals surface area contributed by atoms with Gasteiger partial charge in [-0.3, -0.25) is 0 Å². The Kier molecular flexibility index (Phi) is 4.80. The summed E-state index contributed by atoms with van der Waals surface area (Å²) in [5.41, 5.74) is 5.21. The Morgan fingerprint density at radius 1 is 1.11 bits per heavy atom. The molecule has 0 aliphatic heterocycles. The normalized spacial score (nSPS) is 10.9. The van der Waals surface area contributed by atoms with Crippen molar-refractivity contribution in [2.75, 3.05) is 6.54 Å². The van der Waals surface area contributed by atoms with E-state index < -0.39 is 0 Å². The highest BCUT2D eigenvalue weighted by atomic mass is 15.0. The first kappa shape index (κ1) is 13.9. The second-order valence-corrected chi connectivity index (χ2v) is 5.25. The van der Waals surface area contributed by atoms with Crippen molar-refractivity contribution in [1.29, 1.82) is 0 Å². The standard InChI is InChI=1S/C17H24N2/c1-4-5-8-18-13-16-7-6-9-19(16)17-11-14(2)10-15(3)12-17/h6-7,9-12,18H,4-5,8,13H2,1-3H3. The van der Waals surface area contributed by atoms with E-state index in [0.29, 0.717) is 0 Å². The van der Waals surface area contributed by atoms with Crippen molar-refractivity contribution < 1.29 is 0 Å². The Morgan fingerprint density at radius 3 is 2.53 bits per heavy atom. The fourth-order valence-electron chi connectivity index (χ4n) is 2.42. The molecule has 1 aromatic heterocycles. The molecule has 2 aromatic rings. The van der Waals surface area contributed by atoms with Crippen LogP contribution in [0.25, 0.3) is 5.69 Å². The zero-order valence-corrected chi connectivity index (χ0v) is 12.2. The van der Waals surface area contributed by atoms with E-state index in [4.69, 9.17) is 0 Å². The number of nitrogens with one attached hydrogen (secondary N) is 1. The minimum absolute atomic E-state index is 0.931. The van der Waals surface area contributed by atoms with Crippen molar-refractivity contribution in [3.05, 3.63) is 53.3 Å². The van der Waals surface area contributed by atoms with Crippen LogP contribution in [0.4, 0.5) is 0 Å². The zero-order valence-electron chi connectivity index (χ0n) is 12.2. The second-order valence-electron chi connectivity index (χ2n) is 5.25. The van der Waals surface area contributed by atoms with Crippen LogP contribution < -0.4 is 5.32 Å². The van der Waals surface area contributed by atoms with Crippen LogP contribution in [-0.4, -0.2) is 11.1 Å². The van der Waals surface area contributed by atoms with Crippen molar-refractivity contribution >= 4 is 0 Å². The van der Waals surface area contributed by atoms with Crippen molar-refractivity contribution in [3.63, 3.8) is 0 Å². The topological polar surface area (TPSA) is 17.0 Å². The number of hydrogen-bond donors (Lipinski definition) is 1. The summed E-state index contributed by atoms with van der Waals surface area (Å²) < 4.78 is 2.28. The predicted molar refractivity (Wildman–Crippen MR) is 81.9 cm³/mol. The van der Waals surface area contributed by atoms with Crippen molar-refractivity contribution in [3.8, 4) is 5.69 Å². The van der Waals surface area contributed by atoms with Crippen LogP contribution in [0.15, 0.2) is 36.5 Å². The molecule has 0 atom stereocenters. The number of hydrogen-bond acceptors (Lipinski definition) is 1. The average molecular weight is 256 g/mol. The SMILES string of the molecule is CCCCNCc1cccn1-c1cc(C)cc(C)c1. The van der Waals surface area contributed by atoms with E-state index in [9.17, 15) is 0 Å². The van der Waals surface area contributed by atoms with Crippen molar-refractivity contribution in [2.45, 2.75) is 40.2 Å². The molecule has 102 valence electrons. The van der Waals surface area contributed by atoms with Gasteiger partial charge >= 0.3 is 0 Å². The molecule has 0 unspecified atom stereocenters. The molecule has 0 aliphatic rings. The fourth-order valence-corrected chi connectivity index (χ4v) is 2.42. The lowest BCUT2D eigenvalue weighted by Crippen LogP contribution is -2.16. The minimum Gasteiger partial charge on any atom is -0.320 e. The van der Waals surface area contributed by atoms with Crippen molar-refractivity contribution in [1.82, 2.24) is 9.88 Å². The Hall–Kier alpha value is -1.54. The Balaban J connectivity index is 2.14. The molecule has 0 spiro atoms. The molecule has 0 amide bonds. The first-order chi connectivity index (χ1) is 9.20. The van der Waals surface area contributed by atoms with Gasteiger partial charge in [0, 0.05) is 24.1 Å². The van der Waals surface area contributed by atoms with Crippen LogP contribution in [-0.2, 0) is 6.54 Å². The molecule has 0 saturated heterocycles. The monoisotopic (exact) mass is 256 g/mol. The summed E-state index contributed by atoms with van der Waals surface area (Å²) in [7, 11) is 0. The van der Waals surface area contributed by atoms with E-state index >= 15 is 0 Å². The van der Waals surface area contributed by atoms with Crippen LogP contribution in [0, 0.1) is 13.8 Å². The second kappa shape index (κ2) is 6.58. The molecule has 0 saturated carbocycles. The molecule has 2 nitrogen and oxygen atoms in total. The number of aromatic nitrogens is 1. The third kappa shape index (κ3) is 3.71. The number of rotatable bonds is 6. The van der Waals surface area contributed by atoms with Crippen LogP contribution >= 0.6 is 0 Å². The van der Waals surface area contributed by atoms with E-state index in [2.05, 4.69) is 67.2 Å². The highest BCUT2D eigenvalue weighted by Gasteiger charge is 2.04. The summed E-state index contributed by atoms with van der Waals surface area (Å²) in [6, 6.07) is 11.0. The van der Waals surface area contributed by atoms with Crippen LogP contribution in [0.1, 0.15) is 36.6 Å². The largest absolute Gasteiger partial charge is 0.320 e. The third-order valence-corrected chi connectivity index (χ3v) is 3.33. The number of benzene rings is 1. The van der Waals surface area contributed by atoms with Gasteiger partial charge < -0.3 is 9.88 Å². The molecule has 2 heteroatoms. The number of aryl methyl sites for hydroxylation is 2. The Morgan fingerprint density at radius 2 is 1.84 bits per heavy atom. The number of unbranched alkanes of at least 4 members (excludes halogenated alkanes) is 1. The first-order valence-corrected chi connectivity index (χ1v) is 7.16. The van der Waals surface area contributed by atoms with Gasteiger partial charge in [-0.25, -0.2) is 0 Å². The van der Waals surface area contributed by atoms with Gasteiger partial charge in [-0.05, 0) is 62.2 Å². The quantitative estimate of drug-likeness (QED) is 0.773. The predicted octanol–water partition coefficient (Wildman–Crippen LogP) is 3.98. The molecule has 1 N–H and O–H groups in total. The molecule has 1 aromatic carbocycles. The van der Waals surface area contributed by atoms with Gasteiger partial charge in [0.15, 0.2) is 0 Å². The molecule has 0 bridgehead atoms. The van der Waals surface area contributed by atoms with E-state index in [-0.39, 0.29) is 0 Å². The molecular formula is C17H24N2. The summed E-state index contributed by atoms with van der Waals surface area (Å²) in [5.74, 6) is 0. The third-order valence-electron chi connectivity index (χ3n) is 3.33. The van der Waals surface area contributed by atoms with E-state index in [1.54, 1.807) is 0 Å². The lowest BCUT2D eigenvalue weighted by molar-refractivity contribution is 0.627. The van der Waals surface area contributed by atoms with E-state index in [0.717, 1.165) is 13.1 Å². The minimum atomic E-state index is 0.931. The van der Waals surface area contributed by atoms with Crippen LogP contribution in [0.5, 0.6) is 0 Å². The van der Waals surface area contributed by atoms with Gasteiger partial charge in [-0.15, -0.1) is 0 Å². The Bertz CT molecular complexity index is 506. The van der Waals surface area contributed by atoms with Crippen LogP contribution in [0.2, 0.25) is 0 Å². The summed E-state index contributed by atoms with van der Waals surface area (Å²) in [4.78, 5) is 0. The number of nitrogens with zero attached hydrogens (tertiary/aromatic N) is 1. The lowest BCUT2D eigenvalue weighted by atomic mass is 10.1. The molecule has 0 aliphatic carbocycles. The maximum absolute atomic E-state index is 3.51. The molecular weight excluding hydrogens is 232 g/mol. The maximum Gasteiger partial charge on any atom is 0.0458 e. The zero-order chi connectivity index (χ0) is 13.7. The fraction of sp³-hybridized carbons (Fsp3) is 0.412. The molecule has 0 fully saturated rings. The van der Waals surface area contributed by atoms with Gasteiger partial charge in [0.05, 0.1) is 0 Å². The molecule has 2 rings (SSSR count). The molecule has 0 radical (unpaired) electrons. The van der Waals surface area contributed by atoms with Gasteiger partial charge in [-0.2, -0.15) is 0 Å². The van der Waals surface area contributed by atoms with Gasteiger partial charge in [-0.1, -0.05) is 19.4 Å².